The SMILES string of the molecule is O=C(COC1CCNCC1)N1CCCc2ccccc2C1. The van der Waals surface area contributed by atoms with Crippen LogP contribution in [0.3, 0.4) is 0 Å². The molecule has 1 fully saturated rings. The number of nitrogens with zero attached hydrogens (tertiary/aromatic N) is 1. The van der Waals surface area contributed by atoms with Crippen molar-refractivity contribution in [2.75, 3.05) is 26.2 Å². The smallest absolute Gasteiger partial charge is 0.248 e. The summed E-state index contributed by atoms with van der Waals surface area (Å²) in [4.78, 5) is 14.3. The number of nitrogens with one attached hydrogen (secondary N) is 1. The summed E-state index contributed by atoms with van der Waals surface area (Å²) in [6.45, 7) is 3.78. The molecule has 0 radical (unpaired) electrons. The molecule has 114 valence electrons. The van der Waals surface area contributed by atoms with Crippen LogP contribution in [0.5, 0.6) is 0 Å². The monoisotopic (exact) mass is 288 g/mol. The van der Waals surface area contributed by atoms with Gasteiger partial charge >= 0.3 is 0 Å². The normalized spacial score (nSPS) is 19.9. The van der Waals surface area contributed by atoms with E-state index in [1.807, 2.05) is 4.90 Å². The van der Waals surface area contributed by atoms with Gasteiger partial charge < -0.3 is 15.0 Å². The van der Waals surface area contributed by atoms with Crippen molar-refractivity contribution >= 4 is 5.91 Å². The molecule has 0 saturated carbocycles. The number of aryl methyl sites for hydroxylation is 1. The summed E-state index contributed by atoms with van der Waals surface area (Å²) in [5, 5.41) is 3.31. The molecule has 0 atom stereocenters. The van der Waals surface area contributed by atoms with Gasteiger partial charge in [0.25, 0.3) is 0 Å². The average Bonchev–Trinajstić information content (AvgIpc) is 2.76. The highest BCUT2D eigenvalue weighted by atomic mass is 16.5. The Labute approximate surface area is 126 Å². The number of hydrogen-bond donors (Lipinski definition) is 1. The number of amides is 1. The van der Waals surface area contributed by atoms with Gasteiger partial charge in [0.1, 0.15) is 6.61 Å². The van der Waals surface area contributed by atoms with Gasteiger partial charge in [-0.25, -0.2) is 0 Å². The third kappa shape index (κ3) is 3.83. The average molecular weight is 288 g/mol. The lowest BCUT2D eigenvalue weighted by Crippen LogP contribution is -2.37. The zero-order valence-electron chi connectivity index (χ0n) is 12.5. The molecule has 4 heteroatoms. The number of carbonyl (C=O) groups excluding carboxylic acids is 1. The van der Waals surface area contributed by atoms with E-state index in [4.69, 9.17) is 4.74 Å². The molecule has 1 N–H and O–H groups in total. The number of benzene rings is 1. The molecule has 0 spiro atoms. The van der Waals surface area contributed by atoms with Gasteiger partial charge in [0, 0.05) is 13.1 Å². The number of ether oxygens (including phenoxy) is 1. The van der Waals surface area contributed by atoms with Crippen LogP contribution >= 0.6 is 0 Å². The molecule has 0 aromatic heterocycles. The molecule has 1 aromatic rings. The molecule has 4 nitrogen and oxygen atoms in total. The van der Waals surface area contributed by atoms with Crippen LogP contribution in [0, 0.1) is 0 Å². The van der Waals surface area contributed by atoms with Crippen LogP contribution in [-0.2, 0) is 22.5 Å². The van der Waals surface area contributed by atoms with E-state index in [-0.39, 0.29) is 18.6 Å². The van der Waals surface area contributed by atoms with E-state index in [1.54, 1.807) is 0 Å². The van der Waals surface area contributed by atoms with Gasteiger partial charge in [-0.3, -0.25) is 4.79 Å². The fraction of sp³-hybridized carbons (Fsp3) is 0.588. The van der Waals surface area contributed by atoms with Crippen molar-refractivity contribution < 1.29 is 9.53 Å². The number of rotatable bonds is 3. The van der Waals surface area contributed by atoms with Crippen LogP contribution < -0.4 is 5.32 Å². The van der Waals surface area contributed by atoms with Crippen molar-refractivity contribution in [3.05, 3.63) is 35.4 Å². The molecule has 0 bridgehead atoms. The molecule has 2 aliphatic heterocycles. The van der Waals surface area contributed by atoms with Gasteiger partial charge in [0.2, 0.25) is 5.91 Å². The highest BCUT2D eigenvalue weighted by Gasteiger charge is 2.21. The van der Waals surface area contributed by atoms with Crippen LogP contribution in [0.15, 0.2) is 24.3 Å². The Hall–Kier alpha value is -1.39. The summed E-state index contributed by atoms with van der Waals surface area (Å²) in [5.41, 5.74) is 2.66. The topological polar surface area (TPSA) is 41.6 Å². The number of fused-ring (bicyclic) bond motifs is 1. The van der Waals surface area contributed by atoms with E-state index >= 15 is 0 Å². The third-order valence-electron chi connectivity index (χ3n) is 4.44. The lowest BCUT2D eigenvalue weighted by Gasteiger charge is -2.25. The molecule has 1 amide bonds. The van der Waals surface area contributed by atoms with Crippen LogP contribution in [0.1, 0.15) is 30.4 Å². The zero-order chi connectivity index (χ0) is 14.5. The van der Waals surface area contributed by atoms with Gasteiger partial charge in [-0.2, -0.15) is 0 Å². The van der Waals surface area contributed by atoms with Crippen molar-refractivity contribution in [3.63, 3.8) is 0 Å². The minimum Gasteiger partial charge on any atom is -0.368 e. The second-order valence-electron chi connectivity index (χ2n) is 5.95. The zero-order valence-corrected chi connectivity index (χ0v) is 12.5. The van der Waals surface area contributed by atoms with Crippen LogP contribution in [0.2, 0.25) is 0 Å². The van der Waals surface area contributed by atoms with Crippen molar-refractivity contribution in [1.82, 2.24) is 10.2 Å². The van der Waals surface area contributed by atoms with Gasteiger partial charge in [-0.15, -0.1) is 0 Å². The molecule has 3 rings (SSSR count). The first-order chi connectivity index (χ1) is 10.3. The van der Waals surface area contributed by atoms with E-state index in [2.05, 4.69) is 29.6 Å². The molecule has 0 aliphatic carbocycles. The maximum atomic E-state index is 12.4. The first-order valence-electron chi connectivity index (χ1n) is 8.00. The Kier molecular flexibility index (Phi) is 4.88. The van der Waals surface area contributed by atoms with Crippen LogP contribution in [-0.4, -0.2) is 43.2 Å². The van der Waals surface area contributed by atoms with Crippen LogP contribution in [0.4, 0.5) is 0 Å². The summed E-state index contributed by atoms with van der Waals surface area (Å²) in [6.07, 6.45) is 4.37. The summed E-state index contributed by atoms with van der Waals surface area (Å²) in [6, 6.07) is 8.44. The van der Waals surface area contributed by atoms with Crippen molar-refractivity contribution in [2.24, 2.45) is 0 Å². The van der Waals surface area contributed by atoms with Gasteiger partial charge in [0.05, 0.1) is 6.10 Å². The van der Waals surface area contributed by atoms with E-state index in [0.29, 0.717) is 0 Å². The predicted octanol–water partition coefficient (Wildman–Crippen LogP) is 1.73. The summed E-state index contributed by atoms with van der Waals surface area (Å²) in [7, 11) is 0. The molecule has 2 aliphatic rings. The lowest BCUT2D eigenvalue weighted by atomic mass is 10.0. The molecule has 21 heavy (non-hydrogen) atoms. The van der Waals surface area contributed by atoms with E-state index in [9.17, 15) is 4.79 Å². The highest BCUT2D eigenvalue weighted by molar-refractivity contribution is 5.77. The Morgan fingerprint density at radius 2 is 2.00 bits per heavy atom. The second-order valence-corrected chi connectivity index (χ2v) is 5.95. The molecular formula is C17H24N2O2. The van der Waals surface area contributed by atoms with Gasteiger partial charge in [-0.05, 0) is 49.9 Å². The van der Waals surface area contributed by atoms with E-state index in [0.717, 1.165) is 51.9 Å². The van der Waals surface area contributed by atoms with Crippen LogP contribution in [0.25, 0.3) is 0 Å². The Balaban J connectivity index is 1.55. The van der Waals surface area contributed by atoms with Crippen molar-refractivity contribution in [1.29, 1.82) is 0 Å². The van der Waals surface area contributed by atoms with Gasteiger partial charge in [-0.1, -0.05) is 24.3 Å². The summed E-state index contributed by atoms with van der Waals surface area (Å²) < 4.78 is 5.80. The van der Waals surface area contributed by atoms with Gasteiger partial charge in [0.15, 0.2) is 0 Å². The van der Waals surface area contributed by atoms with Crippen molar-refractivity contribution in [2.45, 2.75) is 38.3 Å². The molecule has 1 aromatic carbocycles. The predicted molar refractivity (Wildman–Crippen MR) is 82.0 cm³/mol. The minimum absolute atomic E-state index is 0.130. The summed E-state index contributed by atoms with van der Waals surface area (Å²) in [5.74, 6) is 0.130. The summed E-state index contributed by atoms with van der Waals surface area (Å²) >= 11 is 0. The van der Waals surface area contributed by atoms with Crippen molar-refractivity contribution in [3.8, 4) is 0 Å². The Morgan fingerprint density at radius 3 is 2.81 bits per heavy atom. The number of hydrogen-bond acceptors (Lipinski definition) is 3. The highest BCUT2D eigenvalue weighted by Crippen LogP contribution is 2.18. The molecule has 1 saturated heterocycles. The molecule has 0 unspecified atom stereocenters. The first kappa shape index (κ1) is 14.5. The van der Waals surface area contributed by atoms with E-state index in [1.165, 1.54) is 11.1 Å². The standard InChI is InChI=1S/C17H24N2O2/c20-17(13-21-16-7-9-18-10-8-16)19-11-3-6-14-4-1-2-5-15(14)12-19/h1-2,4-5,16,18H,3,6-13H2. The second kappa shape index (κ2) is 7.05. The first-order valence-corrected chi connectivity index (χ1v) is 8.00. The maximum Gasteiger partial charge on any atom is 0.248 e. The fourth-order valence-electron chi connectivity index (χ4n) is 3.16. The molecule has 2 heterocycles. The maximum absolute atomic E-state index is 12.4. The Morgan fingerprint density at radius 1 is 1.24 bits per heavy atom. The third-order valence-corrected chi connectivity index (χ3v) is 4.44. The quantitative estimate of drug-likeness (QED) is 0.921. The number of carbonyl (C=O) groups is 1. The fourth-order valence-corrected chi connectivity index (χ4v) is 3.16. The minimum atomic E-state index is 0.130. The largest absolute Gasteiger partial charge is 0.368 e. The lowest BCUT2D eigenvalue weighted by molar-refractivity contribution is -0.139. The van der Waals surface area contributed by atoms with E-state index < -0.39 is 0 Å². The Bertz CT molecular complexity index is 483. The molecular weight excluding hydrogens is 264 g/mol. The number of piperidine rings is 1.